The summed E-state index contributed by atoms with van der Waals surface area (Å²) in [7, 11) is -2.46. The number of amides is 1. The van der Waals surface area contributed by atoms with Crippen LogP contribution in [-0.4, -0.2) is 51.9 Å². The molecule has 0 bridgehead atoms. The predicted molar refractivity (Wildman–Crippen MR) is 97.5 cm³/mol. The zero-order valence-electron chi connectivity index (χ0n) is 15.0. The fourth-order valence-corrected chi connectivity index (χ4v) is 4.06. The highest BCUT2D eigenvalue weighted by atomic mass is 35.5. The minimum Gasteiger partial charge on any atom is -0.452 e. The van der Waals surface area contributed by atoms with E-state index < -0.39 is 22.6 Å². The summed E-state index contributed by atoms with van der Waals surface area (Å²) >= 11 is 5.98. The maximum absolute atomic E-state index is 12.3. The average Bonchev–Trinajstić information content (AvgIpc) is 2.58. The molecule has 1 aliphatic heterocycles. The molecular formula is C17H23ClN2O5S. The number of nitrogens with one attached hydrogen (secondary N) is 1. The molecule has 2 atom stereocenters. The molecule has 1 aromatic carbocycles. The highest BCUT2D eigenvalue weighted by Crippen LogP contribution is 2.23. The maximum atomic E-state index is 12.3. The number of esters is 1. The molecule has 7 nitrogen and oxygen atoms in total. The van der Waals surface area contributed by atoms with E-state index in [1.54, 1.807) is 4.90 Å². The minimum absolute atomic E-state index is 0.0534. The van der Waals surface area contributed by atoms with E-state index in [1.165, 1.54) is 19.2 Å². The number of carbonyl (C=O) groups is 2. The number of nitrogens with zero attached hydrogens (tertiary/aromatic N) is 1. The van der Waals surface area contributed by atoms with E-state index >= 15 is 0 Å². The van der Waals surface area contributed by atoms with E-state index in [2.05, 4.69) is 18.6 Å². The second-order valence-corrected chi connectivity index (χ2v) is 8.96. The lowest BCUT2D eigenvalue weighted by Crippen LogP contribution is -2.44. The number of rotatable bonds is 5. The third-order valence-electron chi connectivity index (χ3n) is 4.29. The topological polar surface area (TPSA) is 92.8 Å². The lowest BCUT2D eigenvalue weighted by molar-refractivity contribution is -0.137. The van der Waals surface area contributed by atoms with Crippen LogP contribution in [0.15, 0.2) is 23.1 Å². The summed E-state index contributed by atoms with van der Waals surface area (Å²) in [5, 5.41) is 0.0534. The quantitative estimate of drug-likeness (QED) is 0.759. The third-order valence-corrected chi connectivity index (χ3v) is 6.03. The first-order chi connectivity index (χ1) is 12.1. The highest BCUT2D eigenvalue weighted by molar-refractivity contribution is 7.89. The molecule has 9 heteroatoms. The van der Waals surface area contributed by atoms with Gasteiger partial charge in [0, 0.05) is 13.1 Å². The molecule has 1 fully saturated rings. The summed E-state index contributed by atoms with van der Waals surface area (Å²) in [4.78, 5) is 26.1. The van der Waals surface area contributed by atoms with Gasteiger partial charge >= 0.3 is 5.97 Å². The summed E-state index contributed by atoms with van der Waals surface area (Å²) < 4.78 is 30.9. The van der Waals surface area contributed by atoms with Gasteiger partial charge in [-0.15, -0.1) is 0 Å². The summed E-state index contributed by atoms with van der Waals surface area (Å²) in [6.45, 7) is 5.03. The maximum Gasteiger partial charge on any atom is 0.340 e. The fourth-order valence-electron chi connectivity index (χ4n) is 3.11. The van der Waals surface area contributed by atoms with Gasteiger partial charge in [-0.05, 0) is 43.5 Å². The summed E-state index contributed by atoms with van der Waals surface area (Å²) in [5.41, 5.74) is -0.101. The number of halogens is 1. The zero-order chi connectivity index (χ0) is 19.5. The number of piperidine rings is 1. The van der Waals surface area contributed by atoms with Gasteiger partial charge in [-0.3, -0.25) is 4.79 Å². The van der Waals surface area contributed by atoms with Crippen molar-refractivity contribution < 1.29 is 22.7 Å². The molecule has 26 heavy (non-hydrogen) atoms. The van der Waals surface area contributed by atoms with Crippen LogP contribution in [-0.2, 0) is 19.6 Å². The second kappa shape index (κ2) is 8.37. The standard InChI is InChI=1S/C17H23ClN2O5S/c1-11-6-12(2)9-20(8-11)16(21)10-25-17(22)14-7-13(4-5-15(14)18)26(23,24)19-3/h4-5,7,11-12,19H,6,8-10H2,1-3H3/t11-,12-/m1/s1. The molecule has 0 spiro atoms. The number of benzene rings is 1. The lowest BCUT2D eigenvalue weighted by Gasteiger charge is -2.34. The van der Waals surface area contributed by atoms with E-state index in [1.807, 2.05) is 0 Å². The van der Waals surface area contributed by atoms with E-state index in [9.17, 15) is 18.0 Å². The van der Waals surface area contributed by atoms with Gasteiger partial charge < -0.3 is 9.64 Å². The van der Waals surface area contributed by atoms with Crippen molar-refractivity contribution in [1.82, 2.24) is 9.62 Å². The Hall–Kier alpha value is -1.64. The zero-order valence-corrected chi connectivity index (χ0v) is 16.6. The number of sulfonamides is 1. The Morgan fingerprint density at radius 1 is 1.27 bits per heavy atom. The van der Waals surface area contributed by atoms with Crippen LogP contribution in [0.1, 0.15) is 30.6 Å². The Balaban J connectivity index is 2.06. The van der Waals surface area contributed by atoms with E-state index in [-0.39, 0.29) is 21.4 Å². The molecule has 144 valence electrons. The van der Waals surface area contributed by atoms with Crippen LogP contribution < -0.4 is 4.72 Å². The Morgan fingerprint density at radius 2 is 1.88 bits per heavy atom. The van der Waals surface area contributed by atoms with Crippen LogP contribution in [0.25, 0.3) is 0 Å². The van der Waals surface area contributed by atoms with Gasteiger partial charge in [0.25, 0.3) is 5.91 Å². The van der Waals surface area contributed by atoms with Gasteiger partial charge in [0.2, 0.25) is 10.0 Å². The minimum atomic E-state index is -3.72. The van der Waals surface area contributed by atoms with Crippen LogP contribution in [0.3, 0.4) is 0 Å². The van der Waals surface area contributed by atoms with Gasteiger partial charge in [-0.25, -0.2) is 17.9 Å². The fraction of sp³-hybridized carbons (Fsp3) is 0.529. The first-order valence-electron chi connectivity index (χ1n) is 8.32. The SMILES string of the molecule is CNS(=O)(=O)c1ccc(Cl)c(C(=O)OCC(=O)N2C[C@H](C)C[C@@H](C)C2)c1. The molecule has 0 aromatic heterocycles. The van der Waals surface area contributed by atoms with Crippen molar-refractivity contribution in [2.24, 2.45) is 11.8 Å². The number of hydrogen-bond acceptors (Lipinski definition) is 5. The Morgan fingerprint density at radius 3 is 2.46 bits per heavy atom. The molecule has 0 radical (unpaired) electrons. The van der Waals surface area contributed by atoms with Crippen molar-refractivity contribution in [3.63, 3.8) is 0 Å². The number of likely N-dealkylation sites (tertiary alicyclic amines) is 1. The summed E-state index contributed by atoms with van der Waals surface area (Å²) in [5.74, 6) is -0.311. The molecule has 1 N–H and O–H groups in total. The van der Waals surface area contributed by atoms with Crippen LogP contribution >= 0.6 is 11.6 Å². The molecule has 1 amide bonds. The normalized spacial score (nSPS) is 20.7. The largest absolute Gasteiger partial charge is 0.452 e. The van der Waals surface area contributed by atoms with Crippen LogP contribution in [0.5, 0.6) is 0 Å². The summed E-state index contributed by atoms with van der Waals surface area (Å²) in [6, 6.07) is 3.72. The predicted octanol–water partition coefficient (Wildman–Crippen LogP) is 1.91. The lowest BCUT2D eigenvalue weighted by atomic mass is 9.92. The van der Waals surface area contributed by atoms with Gasteiger partial charge in [-0.1, -0.05) is 25.4 Å². The molecule has 1 aliphatic rings. The Labute approximate surface area is 158 Å². The first kappa shape index (κ1) is 20.7. The van der Waals surface area contributed by atoms with Crippen molar-refractivity contribution in [2.75, 3.05) is 26.7 Å². The van der Waals surface area contributed by atoms with Crippen molar-refractivity contribution >= 4 is 33.5 Å². The van der Waals surface area contributed by atoms with Crippen LogP contribution in [0.4, 0.5) is 0 Å². The highest BCUT2D eigenvalue weighted by Gasteiger charge is 2.26. The monoisotopic (exact) mass is 402 g/mol. The van der Waals surface area contributed by atoms with Crippen molar-refractivity contribution in [1.29, 1.82) is 0 Å². The molecule has 0 unspecified atom stereocenters. The molecule has 2 rings (SSSR count). The van der Waals surface area contributed by atoms with Crippen molar-refractivity contribution in [3.8, 4) is 0 Å². The molecule has 0 saturated carbocycles. The van der Waals surface area contributed by atoms with E-state index in [4.69, 9.17) is 16.3 Å². The Kier molecular flexibility index (Phi) is 6.65. The Bertz CT molecular complexity index is 786. The number of hydrogen-bond donors (Lipinski definition) is 1. The number of ether oxygens (including phenoxy) is 1. The van der Waals surface area contributed by atoms with Crippen LogP contribution in [0, 0.1) is 11.8 Å². The molecule has 1 heterocycles. The first-order valence-corrected chi connectivity index (χ1v) is 10.2. The van der Waals surface area contributed by atoms with Gasteiger partial charge in [0.15, 0.2) is 6.61 Å². The van der Waals surface area contributed by atoms with Gasteiger partial charge in [-0.2, -0.15) is 0 Å². The van der Waals surface area contributed by atoms with Crippen LogP contribution in [0.2, 0.25) is 5.02 Å². The molecule has 0 aliphatic carbocycles. The number of carbonyl (C=O) groups excluding carboxylic acids is 2. The third kappa shape index (κ3) is 4.96. The van der Waals surface area contributed by atoms with Gasteiger partial charge in [0.05, 0.1) is 15.5 Å². The average molecular weight is 403 g/mol. The second-order valence-electron chi connectivity index (χ2n) is 6.67. The van der Waals surface area contributed by atoms with E-state index in [0.29, 0.717) is 24.9 Å². The van der Waals surface area contributed by atoms with Crippen molar-refractivity contribution in [3.05, 3.63) is 28.8 Å². The van der Waals surface area contributed by atoms with Crippen molar-refractivity contribution in [2.45, 2.75) is 25.2 Å². The molecular weight excluding hydrogens is 380 g/mol. The smallest absolute Gasteiger partial charge is 0.340 e. The molecule has 1 saturated heterocycles. The molecule has 1 aromatic rings. The van der Waals surface area contributed by atoms with E-state index in [0.717, 1.165) is 12.5 Å². The summed E-state index contributed by atoms with van der Waals surface area (Å²) in [6.07, 6.45) is 1.06. The van der Waals surface area contributed by atoms with Gasteiger partial charge in [0.1, 0.15) is 0 Å².